The molecule has 6 heteroatoms. The Bertz CT molecular complexity index is 333. The summed E-state index contributed by atoms with van der Waals surface area (Å²) < 4.78 is -1.53. The molecule has 3 nitrogen and oxygen atoms in total. The van der Waals surface area contributed by atoms with Gasteiger partial charge in [0.2, 0.25) is 3.79 Å². The Hall–Kier alpha value is -0.0900. The highest BCUT2D eigenvalue weighted by Crippen LogP contribution is 2.36. The van der Waals surface area contributed by atoms with Crippen molar-refractivity contribution < 1.29 is 0 Å². The third-order valence-corrected chi connectivity index (χ3v) is 2.64. The summed E-state index contributed by atoms with van der Waals surface area (Å²) in [5.41, 5.74) is 0.931. The highest BCUT2D eigenvalue weighted by atomic mass is 35.6. The van der Waals surface area contributed by atoms with Crippen molar-refractivity contribution in [3.8, 4) is 0 Å². The SMILES string of the molecule is ClC(Cl)(Cl)c1nccc(C2CNC2)n1. The maximum atomic E-state index is 5.69. The third kappa shape index (κ3) is 2.11. The fourth-order valence-corrected chi connectivity index (χ4v) is 1.51. The lowest BCUT2D eigenvalue weighted by atomic mass is 9.99. The number of alkyl halides is 3. The van der Waals surface area contributed by atoms with E-state index < -0.39 is 3.79 Å². The number of aromatic nitrogens is 2. The molecule has 0 amide bonds. The van der Waals surface area contributed by atoms with Crippen LogP contribution in [-0.2, 0) is 3.79 Å². The van der Waals surface area contributed by atoms with Crippen LogP contribution in [-0.4, -0.2) is 23.1 Å². The van der Waals surface area contributed by atoms with Crippen LogP contribution in [0.25, 0.3) is 0 Å². The molecular formula is C8H8Cl3N3. The molecule has 0 aliphatic carbocycles. The molecule has 1 fully saturated rings. The zero-order chi connectivity index (χ0) is 10.2. The molecule has 14 heavy (non-hydrogen) atoms. The first-order valence-electron chi connectivity index (χ1n) is 4.18. The van der Waals surface area contributed by atoms with E-state index in [1.165, 1.54) is 0 Å². The fraction of sp³-hybridized carbons (Fsp3) is 0.500. The summed E-state index contributed by atoms with van der Waals surface area (Å²) in [6, 6.07) is 1.85. The van der Waals surface area contributed by atoms with Gasteiger partial charge in [0.15, 0.2) is 5.82 Å². The quantitative estimate of drug-likeness (QED) is 0.777. The largest absolute Gasteiger partial charge is 0.315 e. The zero-order valence-electron chi connectivity index (χ0n) is 7.17. The van der Waals surface area contributed by atoms with Gasteiger partial charge in [-0.1, -0.05) is 34.8 Å². The molecule has 2 rings (SSSR count). The molecule has 0 radical (unpaired) electrons. The second-order valence-electron chi connectivity index (χ2n) is 3.16. The van der Waals surface area contributed by atoms with Gasteiger partial charge in [0, 0.05) is 30.9 Å². The van der Waals surface area contributed by atoms with Crippen molar-refractivity contribution in [2.75, 3.05) is 13.1 Å². The number of nitrogens with one attached hydrogen (secondary N) is 1. The fourth-order valence-electron chi connectivity index (χ4n) is 1.23. The predicted octanol–water partition coefficient (Wildman–Crippen LogP) is 1.99. The van der Waals surface area contributed by atoms with E-state index in [4.69, 9.17) is 34.8 Å². The Morgan fingerprint density at radius 2 is 2.07 bits per heavy atom. The molecule has 1 N–H and O–H groups in total. The van der Waals surface area contributed by atoms with Crippen LogP contribution in [0.1, 0.15) is 17.4 Å². The molecule has 76 valence electrons. The van der Waals surface area contributed by atoms with Crippen LogP contribution < -0.4 is 5.32 Å². The van der Waals surface area contributed by atoms with Crippen molar-refractivity contribution in [1.29, 1.82) is 0 Å². The van der Waals surface area contributed by atoms with E-state index in [2.05, 4.69) is 15.3 Å². The van der Waals surface area contributed by atoms with E-state index in [1.54, 1.807) is 6.20 Å². The molecule has 0 aromatic carbocycles. The number of nitrogens with zero attached hydrogens (tertiary/aromatic N) is 2. The zero-order valence-corrected chi connectivity index (χ0v) is 9.44. The van der Waals surface area contributed by atoms with Gasteiger partial charge in [-0.15, -0.1) is 0 Å². The molecule has 0 atom stereocenters. The molecule has 1 aromatic rings. The topological polar surface area (TPSA) is 37.8 Å². The Kier molecular flexibility index (Phi) is 2.84. The van der Waals surface area contributed by atoms with Gasteiger partial charge in [0.05, 0.1) is 0 Å². The van der Waals surface area contributed by atoms with Gasteiger partial charge in [-0.05, 0) is 6.07 Å². The molecule has 2 heterocycles. The first-order chi connectivity index (χ1) is 6.57. The van der Waals surface area contributed by atoms with Crippen molar-refractivity contribution in [2.45, 2.75) is 9.71 Å². The van der Waals surface area contributed by atoms with E-state index in [1.807, 2.05) is 6.07 Å². The average Bonchev–Trinajstić information content (AvgIpc) is 2.00. The maximum absolute atomic E-state index is 5.69. The lowest BCUT2D eigenvalue weighted by molar-refractivity contribution is 0.438. The first kappa shape index (κ1) is 10.4. The van der Waals surface area contributed by atoms with Crippen LogP contribution in [0.15, 0.2) is 12.3 Å². The van der Waals surface area contributed by atoms with E-state index >= 15 is 0 Å². The summed E-state index contributed by atoms with van der Waals surface area (Å²) in [5, 5.41) is 3.16. The van der Waals surface area contributed by atoms with Gasteiger partial charge < -0.3 is 5.32 Å². The van der Waals surface area contributed by atoms with Crippen LogP contribution >= 0.6 is 34.8 Å². The van der Waals surface area contributed by atoms with Gasteiger partial charge in [-0.25, -0.2) is 9.97 Å². The Balaban J connectivity index is 2.26. The molecule has 0 saturated carbocycles. The van der Waals surface area contributed by atoms with Crippen molar-refractivity contribution in [3.05, 3.63) is 23.8 Å². The van der Waals surface area contributed by atoms with E-state index in [-0.39, 0.29) is 5.82 Å². The molecule has 0 bridgehead atoms. The summed E-state index contributed by atoms with van der Waals surface area (Å²) >= 11 is 17.1. The van der Waals surface area contributed by atoms with E-state index in [0.29, 0.717) is 5.92 Å². The molecule has 1 aromatic heterocycles. The van der Waals surface area contributed by atoms with Crippen LogP contribution in [0, 0.1) is 0 Å². The summed E-state index contributed by atoms with van der Waals surface area (Å²) in [4.78, 5) is 8.14. The van der Waals surface area contributed by atoms with Gasteiger partial charge >= 0.3 is 0 Å². The minimum absolute atomic E-state index is 0.243. The van der Waals surface area contributed by atoms with Gasteiger partial charge in [-0.3, -0.25) is 0 Å². The van der Waals surface area contributed by atoms with Crippen LogP contribution in [0.3, 0.4) is 0 Å². The number of rotatable bonds is 1. The Morgan fingerprint density at radius 1 is 1.36 bits per heavy atom. The van der Waals surface area contributed by atoms with Crippen molar-refractivity contribution >= 4 is 34.8 Å². The lowest BCUT2D eigenvalue weighted by Crippen LogP contribution is -2.40. The summed E-state index contributed by atoms with van der Waals surface area (Å²) in [5.74, 6) is 0.663. The number of hydrogen-bond donors (Lipinski definition) is 1. The van der Waals surface area contributed by atoms with Crippen molar-refractivity contribution in [3.63, 3.8) is 0 Å². The van der Waals surface area contributed by atoms with Crippen molar-refractivity contribution in [2.24, 2.45) is 0 Å². The minimum Gasteiger partial charge on any atom is -0.315 e. The highest BCUT2D eigenvalue weighted by molar-refractivity contribution is 6.66. The molecule has 1 aliphatic rings. The van der Waals surface area contributed by atoms with Gasteiger partial charge in [0.25, 0.3) is 0 Å². The summed E-state index contributed by atoms with van der Waals surface area (Å²) in [7, 11) is 0. The smallest absolute Gasteiger partial charge is 0.250 e. The third-order valence-electron chi connectivity index (χ3n) is 2.13. The normalized spacial score (nSPS) is 17.9. The second-order valence-corrected chi connectivity index (χ2v) is 5.44. The molecule has 0 spiro atoms. The summed E-state index contributed by atoms with van der Waals surface area (Å²) in [6.45, 7) is 1.85. The molecule has 1 saturated heterocycles. The van der Waals surface area contributed by atoms with Crippen LogP contribution in [0.2, 0.25) is 0 Å². The predicted molar refractivity (Wildman–Crippen MR) is 56.9 cm³/mol. The average molecular weight is 253 g/mol. The number of hydrogen-bond acceptors (Lipinski definition) is 3. The highest BCUT2D eigenvalue weighted by Gasteiger charge is 2.28. The van der Waals surface area contributed by atoms with E-state index in [0.717, 1.165) is 18.8 Å². The Morgan fingerprint density at radius 3 is 2.57 bits per heavy atom. The monoisotopic (exact) mass is 251 g/mol. The van der Waals surface area contributed by atoms with Crippen molar-refractivity contribution in [1.82, 2.24) is 15.3 Å². The van der Waals surface area contributed by atoms with E-state index in [9.17, 15) is 0 Å². The van der Waals surface area contributed by atoms with Crippen LogP contribution in [0.4, 0.5) is 0 Å². The first-order valence-corrected chi connectivity index (χ1v) is 5.31. The second kappa shape index (κ2) is 3.81. The molecular weight excluding hydrogens is 244 g/mol. The van der Waals surface area contributed by atoms with Gasteiger partial charge in [-0.2, -0.15) is 0 Å². The standard InChI is InChI=1S/C8H8Cl3N3/c9-8(10,11)7-13-2-1-6(14-7)5-3-12-4-5/h1-2,5,12H,3-4H2. The summed E-state index contributed by atoms with van der Waals surface area (Å²) in [6.07, 6.45) is 1.62. The van der Waals surface area contributed by atoms with Gasteiger partial charge in [0.1, 0.15) is 0 Å². The number of halogens is 3. The molecule has 0 unspecified atom stereocenters. The van der Waals surface area contributed by atoms with Crippen LogP contribution in [0.5, 0.6) is 0 Å². The molecule has 1 aliphatic heterocycles. The Labute approximate surface area is 96.8 Å². The maximum Gasteiger partial charge on any atom is 0.250 e. The lowest BCUT2D eigenvalue weighted by Gasteiger charge is -2.26. The minimum atomic E-state index is -1.53.